The molecule has 0 spiro atoms. The molecule has 0 bridgehead atoms. The standard InChI is InChI=1S/C16H18N4O4/c17-15(21)14-10-19(5-6-24-14)8-11-7-18-20(9-11)13-4-2-1-3-12(13)16(22)23/h1-4,7,9,14H,5-6,8,10H2,(H2,17,21)(H,22,23)/t14-/m0/s1. The van der Waals surface area contributed by atoms with Crippen LogP contribution in [-0.4, -0.2) is 57.5 Å². The van der Waals surface area contributed by atoms with Crippen LogP contribution < -0.4 is 5.73 Å². The molecule has 0 radical (unpaired) electrons. The second kappa shape index (κ2) is 6.81. The van der Waals surface area contributed by atoms with Gasteiger partial charge < -0.3 is 15.6 Å². The van der Waals surface area contributed by atoms with Crippen molar-refractivity contribution in [2.24, 2.45) is 5.73 Å². The lowest BCUT2D eigenvalue weighted by Crippen LogP contribution is -2.47. The Hall–Kier alpha value is -2.71. The molecule has 2 aromatic rings. The Morgan fingerprint density at radius 2 is 2.17 bits per heavy atom. The molecule has 1 aromatic carbocycles. The number of nitrogens with zero attached hydrogens (tertiary/aromatic N) is 3. The number of rotatable bonds is 5. The molecule has 1 fully saturated rings. The fourth-order valence-corrected chi connectivity index (χ4v) is 2.70. The van der Waals surface area contributed by atoms with Gasteiger partial charge in [0.05, 0.1) is 24.1 Å². The van der Waals surface area contributed by atoms with E-state index < -0.39 is 18.0 Å². The molecule has 0 unspecified atom stereocenters. The maximum Gasteiger partial charge on any atom is 0.337 e. The Balaban J connectivity index is 1.75. The molecule has 1 amide bonds. The number of amides is 1. The van der Waals surface area contributed by atoms with E-state index in [9.17, 15) is 14.7 Å². The van der Waals surface area contributed by atoms with Gasteiger partial charge in [0.1, 0.15) is 6.10 Å². The lowest BCUT2D eigenvalue weighted by atomic mass is 10.2. The number of benzene rings is 1. The molecule has 8 heteroatoms. The summed E-state index contributed by atoms with van der Waals surface area (Å²) < 4.78 is 6.87. The van der Waals surface area contributed by atoms with Crippen molar-refractivity contribution in [1.29, 1.82) is 0 Å². The number of morpholine rings is 1. The molecular formula is C16H18N4O4. The van der Waals surface area contributed by atoms with E-state index in [1.165, 1.54) is 0 Å². The normalized spacial score (nSPS) is 18.4. The largest absolute Gasteiger partial charge is 0.478 e. The van der Waals surface area contributed by atoms with E-state index in [0.717, 1.165) is 5.56 Å². The Bertz CT molecular complexity index is 758. The van der Waals surface area contributed by atoms with Gasteiger partial charge >= 0.3 is 5.97 Å². The highest BCUT2D eigenvalue weighted by Gasteiger charge is 2.25. The van der Waals surface area contributed by atoms with E-state index in [4.69, 9.17) is 10.5 Å². The number of ether oxygens (including phenoxy) is 1. The summed E-state index contributed by atoms with van der Waals surface area (Å²) in [4.78, 5) is 24.6. The van der Waals surface area contributed by atoms with Gasteiger partial charge in [-0.2, -0.15) is 5.10 Å². The van der Waals surface area contributed by atoms with Gasteiger partial charge in [-0.1, -0.05) is 12.1 Å². The second-order valence-electron chi connectivity index (χ2n) is 5.61. The number of aromatic nitrogens is 2. The predicted octanol–water partition coefficient (Wildman–Crippen LogP) is 0.257. The molecule has 8 nitrogen and oxygen atoms in total. The number of carboxylic acids is 1. The van der Waals surface area contributed by atoms with Crippen molar-refractivity contribution in [3.63, 3.8) is 0 Å². The summed E-state index contributed by atoms with van der Waals surface area (Å²) in [5.41, 5.74) is 6.90. The van der Waals surface area contributed by atoms with Gasteiger partial charge in [0.15, 0.2) is 0 Å². The van der Waals surface area contributed by atoms with Crippen LogP contribution in [0.3, 0.4) is 0 Å². The number of hydrogen-bond acceptors (Lipinski definition) is 5. The van der Waals surface area contributed by atoms with Crippen molar-refractivity contribution in [2.75, 3.05) is 19.7 Å². The van der Waals surface area contributed by atoms with Gasteiger partial charge in [0.2, 0.25) is 5.91 Å². The van der Waals surface area contributed by atoms with Crippen molar-refractivity contribution in [2.45, 2.75) is 12.6 Å². The summed E-state index contributed by atoms with van der Waals surface area (Å²) in [6.45, 7) is 2.17. The van der Waals surface area contributed by atoms with E-state index in [-0.39, 0.29) is 5.56 Å². The maximum atomic E-state index is 11.3. The zero-order valence-corrected chi connectivity index (χ0v) is 13.0. The monoisotopic (exact) mass is 330 g/mol. The van der Waals surface area contributed by atoms with E-state index >= 15 is 0 Å². The average Bonchev–Trinajstić information content (AvgIpc) is 3.03. The highest BCUT2D eigenvalue weighted by atomic mass is 16.5. The first-order valence-corrected chi connectivity index (χ1v) is 7.54. The Labute approximate surface area is 138 Å². The SMILES string of the molecule is NC(=O)[C@@H]1CN(Cc2cnn(-c3ccccc3C(=O)O)c2)CCO1. The van der Waals surface area contributed by atoms with Crippen molar-refractivity contribution < 1.29 is 19.4 Å². The third kappa shape index (κ3) is 3.44. The first kappa shape index (κ1) is 16.2. The molecule has 1 saturated heterocycles. The van der Waals surface area contributed by atoms with Crippen LogP contribution in [0.2, 0.25) is 0 Å². The first-order valence-electron chi connectivity index (χ1n) is 7.54. The fraction of sp³-hybridized carbons (Fsp3) is 0.312. The molecule has 1 atom stereocenters. The third-order valence-corrected chi connectivity index (χ3v) is 3.89. The molecule has 2 heterocycles. The predicted molar refractivity (Wildman–Crippen MR) is 84.7 cm³/mol. The molecular weight excluding hydrogens is 312 g/mol. The lowest BCUT2D eigenvalue weighted by Gasteiger charge is -2.30. The number of primary amides is 1. The summed E-state index contributed by atoms with van der Waals surface area (Å²) in [6, 6.07) is 6.69. The second-order valence-corrected chi connectivity index (χ2v) is 5.61. The van der Waals surface area contributed by atoms with E-state index in [2.05, 4.69) is 10.00 Å². The van der Waals surface area contributed by atoms with E-state index in [1.807, 2.05) is 0 Å². The highest BCUT2D eigenvalue weighted by Crippen LogP contribution is 2.16. The molecule has 0 saturated carbocycles. The number of carbonyl (C=O) groups is 2. The molecule has 0 aliphatic carbocycles. The van der Waals surface area contributed by atoms with Crippen LogP contribution in [0.1, 0.15) is 15.9 Å². The number of aromatic carboxylic acids is 1. The van der Waals surface area contributed by atoms with Gasteiger partial charge in [-0.15, -0.1) is 0 Å². The number of para-hydroxylation sites is 1. The minimum atomic E-state index is -1.000. The smallest absolute Gasteiger partial charge is 0.337 e. The quantitative estimate of drug-likeness (QED) is 0.813. The minimum Gasteiger partial charge on any atom is -0.478 e. The fourth-order valence-electron chi connectivity index (χ4n) is 2.70. The average molecular weight is 330 g/mol. The first-order chi connectivity index (χ1) is 11.5. The van der Waals surface area contributed by atoms with E-state index in [1.54, 1.807) is 41.3 Å². The molecule has 3 rings (SSSR count). The summed E-state index contributed by atoms with van der Waals surface area (Å²) in [5.74, 6) is -1.47. The number of carbonyl (C=O) groups excluding carboxylic acids is 1. The van der Waals surface area contributed by atoms with Gasteiger partial charge in [-0.05, 0) is 12.1 Å². The van der Waals surface area contributed by atoms with Crippen LogP contribution in [0.15, 0.2) is 36.7 Å². The van der Waals surface area contributed by atoms with Gasteiger partial charge in [-0.25, -0.2) is 9.48 Å². The molecule has 1 aromatic heterocycles. The Morgan fingerprint density at radius 3 is 2.92 bits per heavy atom. The molecule has 24 heavy (non-hydrogen) atoms. The van der Waals surface area contributed by atoms with Crippen molar-refractivity contribution in [3.8, 4) is 5.69 Å². The number of carboxylic acid groups (broad SMARTS) is 1. The minimum absolute atomic E-state index is 0.187. The summed E-state index contributed by atoms with van der Waals surface area (Å²) >= 11 is 0. The maximum absolute atomic E-state index is 11.3. The van der Waals surface area contributed by atoms with Crippen LogP contribution in [0.5, 0.6) is 0 Å². The van der Waals surface area contributed by atoms with Gasteiger partial charge in [0, 0.05) is 31.4 Å². The zero-order valence-electron chi connectivity index (χ0n) is 13.0. The van der Waals surface area contributed by atoms with Crippen LogP contribution in [0, 0.1) is 0 Å². The molecule has 1 aliphatic rings. The zero-order chi connectivity index (χ0) is 17.1. The molecule has 126 valence electrons. The lowest BCUT2D eigenvalue weighted by molar-refractivity contribution is -0.135. The van der Waals surface area contributed by atoms with Crippen LogP contribution in [0.4, 0.5) is 0 Å². The van der Waals surface area contributed by atoms with Crippen LogP contribution >= 0.6 is 0 Å². The van der Waals surface area contributed by atoms with Crippen molar-refractivity contribution >= 4 is 11.9 Å². The van der Waals surface area contributed by atoms with Crippen LogP contribution in [-0.2, 0) is 16.1 Å². The Kier molecular flexibility index (Phi) is 4.59. The topological polar surface area (TPSA) is 111 Å². The number of nitrogens with two attached hydrogens (primary N) is 1. The summed E-state index contributed by atoms with van der Waals surface area (Å²) in [5, 5.41) is 13.5. The third-order valence-electron chi connectivity index (χ3n) is 3.89. The number of hydrogen-bond donors (Lipinski definition) is 2. The van der Waals surface area contributed by atoms with Gasteiger partial charge in [-0.3, -0.25) is 9.69 Å². The molecule has 3 N–H and O–H groups in total. The highest BCUT2D eigenvalue weighted by molar-refractivity contribution is 5.91. The molecule has 1 aliphatic heterocycles. The summed E-state index contributed by atoms with van der Waals surface area (Å²) in [6.07, 6.45) is 2.88. The van der Waals surface area contributed by atoms with Crippen molar-refractivity contribution in [1.82, 2.24) is 14.7 Å². The van der Waals surface area contributed by atoms with Crippen LogP contribution in [0.25, 0.3) is 5.69 Å². The van der Waals surface area contributed by atoms with Crippen molar-refractivity contribution in [3.05, 3.63) is 47.8 Å². The Morgan fingerprint density at radius 1 is 1.38 bits per heavy atom. The summed E-state index contributed by atoms with van der Waals surface area (Å²) in [7, 11) is 0. The van der Waals surface area contributed by atoms with E-state index in [0.29, 0.717) is 31.9 Å². The van der Waals surface area contributed by atoms with Gasteiger partial charge in [0.25, 0.3) is 0 Å².